The highest BCUT2D eigenvalue weighted by Crippen LogP contribution is 2.25. The Balaban J connectivity index is 3.04. The highest BCUT2D eigenvalue weighted by Gasteiger charge is 2.02. The molecule has 0 unspecified atom stereocenters. The summed E-state index contributed by atoms with van der Waals surface area (Å²) in [5, 5.41) is 0. The molecule has 0 fully saturated rings. The third-order valence-corrected chi connectivity index (χ3v) is 1.83. The molecule has 0 radical (unpaired) electrons. The maximum Gasteiger partial charge on any atom is 0.161 e. The van der Waals surface area contributed by atoms with Gasteiger partial charge in [0.05, 0.1) is 11.9 Å². The van der Waals surface area contributed by atoms with Crippen molar-refractivity contribution in [3.63, 3.8) is 0 Å². The van der Waals surface area contributed by atoms with E-state index in [0.29, 0.717) is 12.2 Å². The van der Waals surface area contributed by atoms with Gasteiger partial charge in [-0.2, -0.15) is 0 Å². The molecule has 68 valence electrons. The molecule has 1 aromatic rings. The van der Waals surface area contributed by atoms with Gasteiger partial charge in [0, 0.05) is 0 Å². The van der Waals surface area contributed by atoms with Crippen LogP contribution in [0.25, 0.3) is 0 Å². The zero-order valence-electron chi connectivity index (χ0n) is 7.90. The Kier molecular flexibility index (Phi) is 3.38. The third kappa shape index (κ3) is 2.51. The summed E-state index contributed by atoms with van der Waals surface area (Å²) < 4.78 is 0. The largest absolute Gasteiger partial charge is 0.297 e. The number of para-hydroxylation sites is 1. The number of carbonyl (C=O) groups is 1. The standard InChI is InChI=1S/C11H13NO/c1-9(2)10-5-3-4-6-11(10)12-7-8-13/h3-9H,1-2H3. The average molecular weight is 175 g/mol. The van der Waals surface area contributed by atoms with Crippen molar-refractivity contribution in [2.24, 2.45) is 4.99 Å². The van der Waals surface area contributed by atoms with Crippen molar-refractivity contribution in [3.8, 4) is 0 Å². The number of hydrogen-bond donors (Lipinski definition) is 0. The third-order valence-electron chi connectivity index (χ3n) is 1.83. The van der Waals surface area contributed by atoms with Gasteiger partial charge < -0.3 is 0 Å². The second-order valence-electron chi connectivity index (χ2n) is 3.13. The predicted molar refractivity (Wildman–Crippen MR) is 54.7 cm³/mol. The fourth-order valence-corrected chi connectivity index (χ4v) is 1.20. The molecule has 0 bridgehead atoms. The lowest BCUT2D eigenvalue weighted by atomic mass is 10.0. The average Bonchev–Trinajstić information content (AvgIpc) is 2.15. The molecule has 0 saturated heterocycles. The molecule has 0 aliphatic heterocycles. The predicted octanol–water partition coefficient (Wildman–Crippen LogP) is 2.71. The molecule has 0 heterocycles. The van der Waals surface area contributed by atoms with Gasteiger partial charge in [0.15, 0.2) is 6.29 Å². The first-order valence-electron chi connectivity index (χ1n) is 4.32. The molecular weight excluding hydrogens is 162 g/mol. The van der Waals surface area contributed by atoms with Gasteiger partial charge in [-0.1, -0.05) is 32.0 Å². The molecule has 2 heteroatoms. The minimum absolute atomic E-state index is 0.431. The van der Waals surface area contributed by atoms with Crippen LogP contribution in [0.1, 0.15) is 25.3 Å². The number of rotatable bonds is 3. The Bertz CT molecular complexity index is 316. The van der Waals surface area contributed by atoms with Gasteiger partial charge in [-0.15, -0.1) is 0 Å². The quantitative estimate of drug-likeness (QED) is 0.513. The van der Waals surface area contributed by atoms with E-state index in [-0.39, 0.29) is 0 Å². The van der Waals surface area contributed by atoms with Gasteiger partial charge >= 0.3 is 0 Å². The lowest BCUT2D eigenvalue weighted by Crippen LogP contribution is -1.87. The van der Waals surface area contributed by atoms with Gasteiger partial charge in [0.25, 0.3) is 0 Å². The van der Waals surface area contributed by atoms with Gasteiger partial charge in [0.2, 0.25) is 0 Å². The van der Waals surface area contributed by atoms with Crippen molar-refractivity contribution in [1.82, 2.24) is 0 Å². The highest BCUT2D eigenvalue weighted by molar-refractivity contribution is 6.13. The van der Waals surface area contributed by atoms with Gasteiger partial charge in [-0.25, -0.2) is 0 Å². The topological polar surface area (TPSA) is 29.4 Å². The Morgan fingerprint density at radius 2 is 2.00 bits per heavy atom. The van der Waals surface area contributed by atoms with Crippen molar-refractivity contribution in [1.29, 1.82) is 0 Å². The van der Waals surface area contributed by atoms with E-state index in [4.69, 9.17) is 0 Å². The van der Waals surface area contributed by atoms with Gasteiger partial charge in [-0.3, -0.25) is 9.79 Å². The zero-order valence-corrected chi connectivity index (χ0v) is 7.90. The van der Waals surface area contributed by atoms with Crippen molar-refractivity contribution in [2.45, 2.75) is 19.8 Å². The van der Waals surface area contributed by atoms with Crippen LogP contribution in [0.2, 0.25) is 0 Å². The van der Waals surface area contributed by atoms with Crippen molar-refractivity contribution in [3.05, 3.63) is 29.8 Å². The van der Waals surface area contributed by atoms with Crippen LogP contribution in [0.15, 0.2) is 29.3 Å². The molecule has 0 aliphatic rings. The van der Waals surface area contributed by atoms with E-state index in [1.54, 1.807) is 0 Å². The summed E-state index contributed by atoms with van der Waals surface area (Å²) in [6.45, 7) is 4.21. The normalized spacial score (nSPS) is 11.0. The van der Waals surface area contributed by atoms with E-state index in [2.05, 4.69) is 18.8 Å². The molecule has 0 aromatic heterocycles. The lowest BCUT2D eigenvalue weighted by molar-refractivity contribution is -0.102. The number of carbonyl (C=O) groups excluding carboxylic acids is 1. The van der Waals surface area contributed by atoms with Crippen LogP contribution < -0.4 is 0 Å². The molecule has 0 spiro atoms. The molecule has 1 aromatic carbocycles. The van der Waals surface area contributed by atoms with Crippen LogP contribution in [0.5, 0.6) is 0 Å². The molecule has 13 heavy (non-hydrogen) atoms. The van der Waals surface area contributed by atoms with Crippen LogP contribution in [0.4, 0.5) is 5.69 Å². The summed E-state index contributed by atoms with van der Waals surface area (Å²) in [6, 6.07) is 7.84. The Morgan fingerprint density at radius 3 is 2.62 bits per heavy atom. The number of aliphatic imine (C=N–C) groups is 1. The summed E-state index contributed by atoms with van der Waals surface area (Å²) in [4.78, 5) is 14.2. The van der Waals surface area contributed by atoms with Crippen LogP contribution in [-0.4, -0.2) is 12.5 Å². The fraction of sp³-hybridized carbons (Fsp3) is 0.273. The van der Waals surface area contributed by atoms with Crippen LogP contribution in [-0.2, 0) is 4.79 Å². The second-order valence-corrected chi connectivity index (χ2v) is 3.13. The molecule has 1 rings (SSSR count). The fourth-order valence-electron chi connectivity index (χ4n) is 1.20. The van der Waals surface area contributed by atoms with Crippen molar-refractivity contribution < 1.29 is 4.79 Å². The molecule has 0 amide bonds. The Morgan fingerprint density at radius 1 is 1.31 bits per heavy atom. The number of aldehydes is 1. The number of hydrogen-bond acceptors (Lipinski definition) is 2. The van der Waals surface area contributed by atoms with Gasteiger partial charge in [0.1, 0.15) is 0 Å². The minimum Gasteiger partial charge on any atom is -0.297 e. The summed E-state index contributed by atoms with van der Waals surface area (Å²) in [7, 11) is 0. The van der Waals surface area contributed by atoms with E-state index < -0.39 is 0 Å². The molecule has 2 nitrogen and oxygen atoms in total. The SMILES string of the molecule is CC(C)c1ccccc1N=CC=O. The van der Waals surface area contributed by atoms with E-state index in [0.717, 1.165) is 5.69 Å². The van der Waals surface area contributed by atoms with E-state index >= 15 is 0 Å². The Hall–Kier alpha value is -1.44. The van der Waals surface area contributed by atoms with Crippen molar-refractivity contribution in [2.75, 3.05) is 0 Å². The van der Waals surface area contributed by atoms with E-state index in [1.165, 1.54) is 11.8 Å². The molecule has 0 aliphatic carbocycles. The maximum absolute atomic E-state index is 10.1. The molecule has 0 saturated carbocycles. The van der Waals surface area contributed by atoms with E-state index in [9.17, 15) is 4.79 Å². The van der Waals surface area contributed by atoms with Crippen LogP contribution in [0, 0.1) is 0 Å². The molecule has 0 N–H and O–H groups in total. The number of benzene rings is 1. The molecule has 0 atom stereocenters. The maximum atomic E-state index is 10.1. The van der Waals surface area contributed by atoms with Gasteiger partial charge in [-0.05, 0) is 17.5 Å². The minimum atomic E-state index is 0.431. The first-order valence-corrected chi connectivity index (χ1v) is 4.32. The smallest absolute Gasteiger partial charge is 0.161 e. The summed E-state index contributed by atoms with van der Waals surface area (Å²) in [6.07, 6.45) is 1.97. The monoisotopic (exact) mass is 175 g/mol. The first-order chi connectivity index (χ1) is 6.25. The Labute approximate surface area is 78.3 Å². The molecular formula is C11H13NO. The summed E-state index contributed by atoms with van der Waals surface area (Å²) >= 11 is 0. The second kappa shape index (κ2) is 4.55. The van der Waals surface area contributed by atoms with Crippen LogP contribution >= 0.6 is 0 Å². The zero-order chi connectivity index (χ0) is 9.68. The first kappa shape index (κ1) is 9.65. The lowest BCUT2D eigenvalue weighted by Gasteiger charge is -2.07. The number of nitrogens with zero attached hydrogens (tertiary/aromatic N) is 1. The summed E-state index contributed by atoms with van der Waals surface area (Å²) in [5.41, 5.74) is 2.05. The van der Waals surface area contributed by atoms with Crippen LogP contribution in [0.3, 0.4) is 0 Å². The van der Waals surface area contributed by atoms with Crippen molar-refractivity contribution >= 4 is 18.2 Å². The highest BCUT2D eigenvalue weighted by atomic mass is 16.1. The summed E-state index contributed by atoms with van der Waals surface area (Å²) in [5.74, 6) is 0.431. The van der Waals surface area contributed by atoms with E-state index in [1.807, 2.05) is 24.3 Å².